The molecule has 1 fully saturated rings. The number of amides is 1. The Kier molecular flexibility index (Phi) is 4.24. The van der Waals surface area contributed by atoms with E-state index >= 15 is 0 Å². The number of hydrogen-bond donors (Lipinski definition) is 2. The molecule has 0 spiro atoms. The van der Waals surface area contributed by atoms with E-state index in [1.807, 2.05) is 0 Å². The second-order valence-electron chi connectivity index (χ2n) is 4.84. The van der Waals surface area contributed by atoms with Crippen LogP contribution in [0.15, 0.2) is 18.5 Å². The molecule has 0 aliphatic carbocycles. The molecule has 2 N–H and O–H groups in total. The predicted molar refractivity (Wildman–Crippen MR) is 72.8 cm³/mol. The highest BCUT2D eigenvalue weighted by Gasteiger charge is 2.25. The van der Waals surface area contributed by atoms with Crippen LogP contribution in [0.2, 0.25) is 0 Å². The molecule has 1 aliphatic heterocycles. The van der Waals surface area contributed by atoms with Gasteiger partial charge in [-0.25, -0.2) is 12.7 Å². The maximum atomic E-state index is 11.9. The van der Waals surface area contributed by atoms with Crippen molar-refractivity contribution in [3.05, 3.63) is 24.0 Å². The Morgan fingerprint density at radius 3 is 2.60 bits per heavy atom. The van der Waals surface area contributed by atoms with Gasteiger partial charge in [0.25, 0.3) is 5.91 Å². The standard InChI is InChI=1S/C12H17N3O4S/c1-20(18,19)15-4-2-10(3-5-15)14-12(17)9-6-11(16)8-13-7-9/h6-8,10,16H,2-5H2,1H3,(H,14,17). The van der Waals surface area contributed by atoms with Gasteiger partial charge in [-0.1, -0.05) is 0 Å². The highest BCUT2D eigenvalue weighted by molar-refractivity contribution is 7.88. The minimum atomic E-state index is -3.16. The first-order valence-corrected chi connectivity index (χ1v) is 8.11. The summed E-state index contributed by atoms with van der Waals surface area (Å²) in [5, 5.41) is 12.1. The van der Waals surface area contributed by atoms with E-state index in [4.69, 9.17) is 0 Å². The van der Waals surface area contributed by atoms with E-state index in [9.17, 15) is 18.3 Å². The molecule has 0 saturated carbocycles. The summed E-state index contributed by atoms with van der Waals surface area (Å²) in [6.45, 7) is 0.810. The predicted octanol–water partition coefficient (Wildman–Crippen LogP) is -0.0590. The lowest BCUT2D eigenvalue weighted by molar-refractivity contribution is 0.0923. The molecule has 0 unspecified atom stereocenters. The van der Waals surface area contributed by atoms with Gasteiger partial charge in [0.15, 0.2) is 0 Å². The summed E-state index contributed by atoms with van der Waals surface area (Å²) < 4.78 is 24.2. The van der Waals surface area contributed by atoms with E-state index in [0.29, 0.717) is 25.9 Å². The number of carbonyl (C=O) groups is 1. The van der Waals surface area contributed by atoms with Gasteiger partial charge in [-0.15, -0.1) is 0 Å². The van der Waals surface area contributed by atoms with Crippen LogP contribution < -0.4 is 5.32 Å². The van der Waals surface area contributed by atoms with Crippen LogP contribution in [0, 0.1) is 0 Å². The van der Waals surface area contributed by atoms with Crippen molar-refractivity contribution in [3.63, 3.8) is 0 Å². The van der Waals surface area contributed by atoms with Crippen molar-refractivity contribution < 1.29 is 18.3 Å². The Balaban J connectivity index is 1.91. The van der Waals surface area contributed by atoms with Gasteiger partial charge in [-0.3, -0.25) is 9.78 Å². The lowest BCUT2D eigenvalue weighted by Gasteiger charge is -2.30. The van der Waals surface area contributed by atoms with Crippen molar-refractivity contribution in [1.29, 1.82) is 0 Å². The fraction of sp³-hybridized carbons (Fsp3) is 0.500. The number of aromatic nitrogens is 1. The monoisotopic (exact) mass is 299 g/mol. The number of carbonyl (C=O) groups excluding carboxylic acids is 1. The van der Waals surface area contributed by atoms with Crippen LogP contribution in [-0.4, -0.2) is 54.1 Å². The van der Waals surface area contributed by atoms with Crippen molar-refractivity contribution >= 4 is 15.9 Å². The van der Waals surface area contributed by atoms with E-state index in [0.717, 1.165) is 0 Å². The molecule has 20 heavy (non-hydrogen) atoms. The van der Waals surface area contributed by atoms with E-state index in [1.165, 1.54) is 29.0 Å². The molecule has 2 rings (SSSR count). The van der Waals surface area contributed by atoms with E-state index in [2.05, 4.69) is 10.3 Å². The topological polar surface area (TPSA) is 99.6 Å². The number of hydrogen-bond acceptors (Lipinski definition) is 5. The Bertz CT molecular complexity index is 594. The van der Waals surface area contributed by atoms with Crippen molar-refractivity contribution in [2.75, 3.05) is 19.3 Å². The minimum Gasteiger partial charge on any atom is -0.506 e. The summed E-state index contributed by atoms with van der Waals surface area (Å²) in [5.41, 5.74) is 0.288. The van der Waals surface area contributed by atoms with Crippen LogP contribution in [0.5, 0.6) is 5.75 Å². The van der Waals surface area contributed by atoms with Crippen LogP contribution in [0.1, 0.15) is 23.2 Å². The molecular formula is C12H17N3O4S. The van der Waals surface area contributed by atoms with Gasteiger partial charge in [0.2, 0.25) is 10.0 Å². The molecule has 1 aromatic heterocycles. The molecule has 0 aromatic carbocycles. The van der Waals surface area contributed by atoms with Crippen LogP contribution in [0.4, 0.5) is 0 Å². The summed E-state index contributed by atoms with van der Waals surface area (Å²) in [6, 6.07) is 1.27. The SMILES string of the molecule is CS(=O)(=O)N1CCC(NC(=O)c2cncc(O)c2)CC1. The number of nitrogens with one attached hydrogen (secondary N) is 1. The number of rotatable bonds is 3. The molecule has 110 valence electrons. The van der Waals surface area contributed by atoms with Crippen molar-refractivity contribution in [1.82, 2.24) is 14.6 Å². The molecule has 8 heteroatoms. The summed E-state index contributed by atoms with van der Waals surface area (Å²) in [7, 11) is -3.16. The zero-order chi connectivity index (χ0) is 14.8. The number of sulfonamides is 1. The summed E-state index contributed by atoms with van der Waals surface area (Å²) in [5.74, 6) is -0.379. The van der Waals surface area contributed by atoms with Gasteiger partial charge < -0.3 is 10.4 Å². The van der Waals surface area contributed by atoms with Gasteiger partial charge >= 0.3 is 0 Å². The Hall–Kier alpha value is -1.67. The lowest BCUT2D eigenvalue weighted by Crippen LogP contribution is -2.46. The van der Waals surface area contributed by atoms with Crippen molar-refractivity contribution in [3.8, 4) is 5.75 Å². The summed E-state index contributed by atoms with van der Waals surface area (Å²) in [4.78, 5) is 15.7. The Labute approximate surface area is 117 Å². The minimum absolute atomic E-state index is 0.0652. The molecular weight excluding hydrogens is 282 g/mol. The Morgan fingerprint density at radius 1 is 1.40 bits per heavy atom. The largest absolute Gasteiger partial charge is 0.506 e. The smallest absolute Gasteiger partial charge is 0.253 e. The third-order valence-electron chi connectivity index (χ3n) is 3.24. The third kappa shape index (κ3) is 3.67. The average Bonchev–Trinajstić information content (AvgIpc) is 2.38. The fourth-order valence-electron chi connectivity index (χ4n) is 2.15. The molecule has 0 bridgehead atoms. The molecule has 1 aliphatic rings. The van der Waals surface area contributed by atoms with Crippen LogP contribution in [0.3, 0.4) is 0 Å². The van der Waals surface area contributed by atoms with Gasteiger partial charge in [0.1, 0.15) is 5.75 Å². The molecule has 1 aromatic rings. The zero-order valence-corrected chi connectivity index (χ0v) is 11.9. The quantitative estimate of drug-likeness (QED) is 0.814. The summed E-state index contributed by atoms with van der Waals surface area (Å²) in [6.07, 6.45) is 4.96. The Morgan fingerprint density at radius 2 is 2.05 bits per heavy atom. The third-order valence-corrected chi connectivity index (χ3v) is 4.55. The first-order chi connectivity index (χ1) is 9.36. The van der Waals surface area contributed by atoms with E-state index < -0.39 is 10.0 Å². The average molecular weight is 299 g/mol. The maximum Gasteiger partial charge on any atom is 0.253 e. The lowest BCUT2D eigenvalue weighted by atomic mass is 10.1. The second-order valence-corrected chi connectivity index (χ2v) is 6.82. The number of nitrogens with zero attached hydrogens (tertiary/aromatic N) is 2. The normalized spacial score (nSPS) is 17.9. The van der Waals surface area contributed by atoms with Crippen LogP contribution in [0.25, 0.3) is 0 Å². The van der Waals surface area contributed by atoms with Crippen molar-refractivity contribution in [2.45, 2.75) is 18.9 Å². The number of pyridine rings is 1. The number of piperidine rings is 1. The van der Waals surface area contributed by atoms with Gasteiger partial charge in [0.05, 0.1) is 18.0 Å². The molecule has 7 nitrogen and oxygen atoms in total. The highest BCUT2D eigenvalue weighted by atomic mass is 32.2. The first-order valence-electron chi connectivity index (χ1n) is 6.26. The van der Waals surface area contributed by atoms with Crippen molar-refractivity contribution in [2.24, 2.45) is 0 Å². The van der Waals surface area contributed by atoms with E-state index in [-0.39, 0.29) is 23.3 Å². The van der Waals surface area contributed by atoms with Gasteiger partial charge in [-0.05, 0) is 18.9 Å². The second kappa shape index (κ2) is 5.76. The maximum absolute atomic E-state index is 11.9. The van der Waals surface area contributed by atoms with Crippen LogP contribution >= 0.6 is 0 Å². The van der Waals surface area contributed by atoms with Crippen LogP contribution in [-0.2, 0) is 10.0 Å². The molecule has 0 atom stereocenters. The van der Waals surface area contributed by atoms with Gasteiger partial charge in [-0.2, -0.15) is 0 Å². The highest BCUT2D eigenvalue weighted by Crippen LogP contribution is 2.14. The summed E-state index contributed by atoms with van der Waals surface area (Å²) >= 11 is 0. The van der Waals surface area contributed by atoms with E-state index in [1.54, 1.807) is 0 Å². The molecule has 0 radical (unpaired) electrons. The van der Waals surface area contributed by atoms with Gasteiger partial charge in [0, 0.05) is 25.3 Å². The first kappa shape index (κ1) is 14.7. The number of aromatic hydroxyl groups is 1. The fourth-order valence-corrected chi connectivity index (χ4v) is 3.03. The molecule has 2 heterocycles. The molecule has 1 amide bonds. The zero-order valence-electron chi connectivity index (χ0n) is 11.1. The molecule has 1 saturated heterocycles.